The zero-order chi connectivity index (χ0) is 22.3. The van der Waals surface area contributed by atoms with E-state index in [-0.39, 0.29) is 24.3 Å². The zero-order valence-corrected chi connectivity index (χ0v) is 18.0. The number of ether oxygens (including phenoxy) is 1. The van der Waals surface area contributed by atoms with Gasteiger partial charge in [-0.1, -0.05) is 18.2 Å². The highest BCUT2D eigenvalue weighted by atomic mass is 16.6. The molecule has 3 aliphatic rings. The summed E-state index contributed by atoms with van der Waals surface area (Å²) in [6, 6.07) is 4.82. The number of nitrogens with one attached hydrogen (secondary N) is 2. The maximum atomic E-state index is 13.0. The normalized spacial score (nSPS) is 23.4. The van der Waals surface area contributed by atoms with Crippen LogP contribution in [0.2, 0.25) is 0 Å². The van der Waals surface area contributed by atoms with Gasteiger partial charge in [0.15, 0.2) is 0 Å². The zero-order valence-electron chi connectivity index (χ0n) is 18.0. The van der Waals surface area contributed by atoms with E-state index in [1.54, 1.807) is 11.0 Å². The first-order valence-corrected chi connectivity index (χ1v) is 10.6. The Bertz CT molecular complexity index is 991. The molecule has 1 aromatic carbocycles. The summed E-state index contributed by atoms with van der Waals surface area (Å²) in [5, 5.41) is 5.21. The van der Waals surface area contributed by atoms with Crippen LogP contribution in [0, 0.1) is 0 Å². The van der Waals surface area contributed by atoms with Crippen molar-refractivity contribution in [2.75, 3.05) is 0 Å². The van der Waals surface area contributed by atoms with Crippen molar-refractivity contribution in [3.05, 3.63) is 41.0 Å². The molecule has 8 nitrogen and oxygen atoms in total. The minimum Gasteiger partial charge on any atom is -0.444 e. The number of imide groups is 1. The fourth-order valence-corrected chi connectivity index (χ4v) is 4.40. The van der Waals surface area contributed by atoms with Crippen LogP contribution in [0.3, 0.4) is 0 Å². The second-order valence-corrected chi connectivity index (χ2v) is 9.21. The summed E-state index contributed by atoms with van der Waals surface area (Å²) in [5.74, 6) is -0.903. The lowest BCUT2D eigenvalue weighted by atomic mass is 9.96. The fraction of sp³-hybridized carbons (Fsp3) is 0.478. The van der Waals surface area contributed by atoms with Crippen LogP contribution in [0.5, 0.6) is 0 Å². The van der Waals surface area contributed by atoms with Gasteiger partial charge < -0.3 is 15.0 Å². The van der Waals surface area contributed by atoms with Crippen LogP contribution in [-0.2, 0) is 20.9 Å². The molecular weight excluding hydrogens is 398 g/mol. The Hall–Kier alpha value is -3.16. The summed E-state index contributed by atoms with van der Waals surface area (Å²) in [7, 11) is 0. The van der Waals surface area contributed by atoms with Gasteiger partial charge in [0, 0.05) is 18.5 Å². The van der Waals surface area contributed by atoms with E-state index in [1.807, 2.05) is 39.0 Å². The quantitative estimate of drug-likeness (QED) is 0.724. The Morgan fingerprint density at radius 1 is 1.13 bits per heavy atom. The van der Waals surface area contributed by atoms with Crippen LogP contribution in [0.4, 0.5) is 4.79 Å². The Morgan fingerprint density at radius 2 is 1.87 bits per heavy atom. The van der Waals surface area contributed by atoms with Gasteiger partial charge >= 0.3 is 6.09 Å². The molecule has 2 heterocycles. The van der Waals surface area contributed by atoms with Crippen molar-refractivity contribution in [1.82, 2.24) is 15.5 Å². The van der Waals surface area contributed by atoms with Gasteiger partial charge in [0.05, 0.1) is 6.04 Å². The van der Waals surface area contributed by atoms with Gasteiger partial charge in [0.2, 0.25) is 11.8 Å². The third kappa shape index (κ3) is 4.33. The predicted octanol–water partition coefficient (Wildman–Crippen LogP) is 2.52. The first kappa shape index (κ1) is 21.1. The molecule has 1 saturated heterocycles. The Labute approximate surface area is 181 Å². The topological polar surface area (TPSA) is 105 Å². The lowest BCUT2D eigenvalue weighted by Crippen LogP contribution is -2.52. The Balaban J connectivity index is 1.52. The first-order valence-electron chi connectivity index (χ1n) is 10.6. The summed E-state index contributed by atoms with van der Waals surface area (Å²) in [4.78, 5) is 50.4. The van der Waals surface area contributed by atoms with Gasteiger partial charge in [-0.25, -0.2) is 4.79 Å². The maximum absolute atomic E-state index is 13.0. The number of nitrogens with zero attached hydrogens (tertiary/aromatic N) is 1. The Kier molecular flexibility index (Phi) is 5.33. The molecule has 2 aliphatic heterocycles. The molecule has 0 spiro atoms. The number of allylic oxidation sites excluding steroid dienone is 1. The number of carbonyl (C=O) groups excluding carboxylic acids is 4. The molecule has 0 bridgehead atoms. The van der Waals surface area contributed by atoms with Crippen LogP contribution in [0.1, 0.15) is 67.9 Å². The monoisotopic (exact) mass is 425 g/mol. The number of fused-ring (bicyclic) bond motifs is 1. The number of alkyl carbamates (subject to hydrolysis) is 1. The summed E-state index contributed by atoms with van der Waals surface area (Å²) in [5.41, 5.74) is 2.95. The van der Waals surface area contributed by atoms with Crippen LogP contribution in [0.15, 0.2) is 24.3 Å². The standard InChI is InChI=1S/C23H27N3O5/c1-23(2,3)31-22(30)24-14-8-7-13(11-14)15-5-4-6-16-17(15)12-26(21(16)29)18-9-10-19(27)25-20(18)28/h4-6,11,14,18H,7-10,12H2,1-3H3,(H,24,30)(H,25,27,28). The Morgan fingerprint density at radius 3 is 2.58 bits per heavy atom. The second-order valence-electron chi connectivity index (χ2n) is 9.21. The minimum atomic E-state index is -0.635. The van der Waals surface area contributed by atoms with Gasteiger partial charge in [-0.2, -0.15) is 0 Å². The molecule has 0 radical (unpaired) electrons. The molecule has 1 aliphatic carbocycles. The van der Waals surface area contributed by atoms with E-state index in [2.05, 4.69) is 10.6 Å². The molecular formula is C23H27N3O5. The van der Waals surface area contributed by atoms with E-state index in [0.29, 0.717) is 18.5 Å². The third-order valence-electron chi connectivity index (χ3n) is 5.76. The van der Waals surface area contributed by atoms with Gasteiger partial charge in [-0.3, -0.25) is 19.7 Å². The van der Waals surface area contributed by atoms with Crippen molar-refractivity contribution >= 4 is 29.4 Å². The second kappa shape index (κ2) is 7.83. The largest absolute Gasteiger partial charge is 0.444 e. The molecule has 164 valence electrons. The molecule has 8 heteroatoms. The average molecular weight is 425 g/mol. The number of benzene rings is 1. The molecule has 4 amide bonds. The predicted molar refractivity (Wildman–Crippen MR) is 113 cm³/mol. The van der Waals surface area contributed by atoms with Crippen molar-refractivity contribution in [3.63, 3.8) is 0 Å². The van der Waals surface area contributed by atoms with E-state index in [9.17, 15) is 19.2 Å². The van der Waals surface area contributed by atoms with Gasteiger partial charge in [0.1, 0.15) is 11.6 Å². The maximum Gasteiger partial charge on any atom is 0.408 e. The SMILES string of the molecule is CC(C)(C)OC(=O)NC1C=C(c2cccc3c2CN(C2CCC(=O)NC2=O)C3=O)CC1. The molecule has 4 rings (SSSR count). The van der Waals surface area contributed by atoms with Gasteiger partial charge in [-0.05, 0) is 62.8 Å². The van der Waals surface area contributed by atoms with E-state index >= 15 is 0 Å². The summed E-state index contributed by atoms with van der Waals surface area (Å²) >= 11 is 0. The molecule has 2 N–H and O–H groups in total. The van der Waals surface area contributed by atoms with Crippen molar-refractivity contribution in [2.24, 2.45) is 0 Å². The number of hydrogen-bond donors (Lipinski definition) is 2. The minimum absolute atomic E-state index is 0.135. The van der Waals surface area contributed by atoms with Gasteiger partial charge in [-0.15, -0.1) is 0 Å². The molecule has 2 atom stereocenters. The lowest BCUT2D eigenvalue weighted by molar-refractivity contribution is -0.136. The van der Waals surface area contributed by atoms with E-state index < -0.39 is 23.6 Å². The van der Waals surface area contributed by atoms with Crippen molar-refractivity contribution in [2.45, 2.75) is 70.7 Å². The number of amides is 4. The fourth-order valence-electron chi connectivity index (χ4n) is 4.40. The van der Waals surface area contributed by atoms with Crippen LogP contribution in [-0.4, -0.2) is 46.4 Å². The molecule has 0 aromatic heterocycles. The molecule has 2 unspecified atom stereocenters. The highest BCUT2D eigenvalue weighted by Crippen LogP contribution is 2.36. The first-order chi connectivity index (χ1) is 14.6. The van der Waals surface area contributed by atoms with Crippen molar-refractivity contribution < 1.29 is 23.9 Å². The summed E-state index contributed by atoms with van der Waals surface area (Å²) in [6.45, 7) is 5.79. The molecule has 0 saturated carbocycles. The van der Waals surface area contributed by atoms with Crippen molar-refractivity contribution in [3.8, 4) is 0 Å². The average Bonchev–Trinajstić information content (AvgIpc) is 3.25. The smallest absolute Gasteiger partial charge is 0.408 e. The summed E-state index contributed by atoms with van der Waals surface area (Å²) < 4.78 is 5.34. The highest BCUT2D eigenvalue weighted by Gasteiger charge is 2.40. The van der Waals surface area contributed by atoms with E-state index in [4.69, 9.17) is 4.74 Å². The molecule has 1 fully saturated rings. The molecule has 1 aromatic rings. The highest BCUT2D eigenvalue weighted by molar-refractivity contribution is 6.06. The number of piperidine rings is 1. The van der Waals surface area contributed by atoms with Gasteiger partial charge in [0.25, 0.3) is 5.91 Å². The van der Waals surface area contributed by atoms with Crippen LogP contribution in [0.25, 0.3) is 5.57 Å². The van der Waals surface area contributed by atoms with E-state index in [1.165, 1.54) is 0 Å². The van der Waals surface area contributed by atoms with Crippen molar-refractivity contribution in [1.29, 1.82) is 0 Å². The lowest BCUT2D eigenvalue weighted by Gasteiger charge is -2.29. The third-order valence-corrected chi connectivity index (χ3v) is 5.76. The summed E-state index contributed by atoms with van der Waals surface area (Å²) in [6.07, 6.45) is 3.65. The molecule has 31 heavy (non-hydrogen) atoms. The van der Waals surface area contributed by atoms with Crippen LogP contribution >= 0.6 is 0 Å². The number of hydrogen-bond acceptors (Lipinski definition) is 5. The van der Waals surface area contributed by atoms with E-state index in [0.717, 1.165) is 29.5 Å². The van der Waals surface area contributed by atoms with Crippen LogP contribution < -0.4 is 10.6 Å². The number of rotatable bonds is 3. The number of carbonyl (C=O) groups is 4.